The highest BCUT2D eigenvalue weighted by atomic mass is 19.1. The molecular formula is C14H19FN2O2. The minimum Gasteiger partial charge on any atom is -0.371 e. The van der Waals surface area contributed by atoms with E-state index >= 15 is 0 Å². The van der Waals surface area contributed by atoms with Crippen molar-refractivity contribution < 1.29 is 9.31 Å². The Labute approximate surface area is 112 Å². The number of non-ortho nitro benzene ring substituents is 1. The second-order valence-corrected chi connectivity index (χ2v) is 5.45. The van der Waals surface area contributed by atoms with Gasteiger partial charge in [-0.3, -0.25) is 10.1 Å². The van der Waals surface area contributed by atoms with Crippen LogP contribution in [0.5, 0.6) is 0 Å². The first-order valence-electron chi connectivity index (χ1n) is 6.65. The van der Waals surface area contributed by atoms with Gasteiger partial charge >= 0.3 is 0 Å². The van der Waals surface area contributed by atoms with Crippen LogP contribution in [0, 0.1) is 21.8 Å². The lowest BCUT2D eigenvalue weighted by atomic mass is 9.86. The third-order valence-electron chi connectivity index (χ3n) is 4.02. The van der Waals surface area contributed by atoms with Crippen LogP contribution in [0.2, 0.25) is 0 Å². The van der Waals surface area contributed by atoms with Gasteiger partial charge in [0.2, 0.25) is 0 Å². The highest BCUT2D eigenvalue weighted by Gasteiger charge is 2.23. The van der Waals surface area contributed by atoms with Crippen LogP contribution < -0.4 is 4.90 Å². The maximum atomic E-state index is 13.4. The molecule has 19 heavy (non-hydrogen) atoms. The molecular weight excluding hydrogens is 247 g/mol. The number of benzene rings is 1. The minimum atomic E-state index is -0.555. The van der Waals surface area contributed by atoms with Crippen molar-refractivity contribution >= 4 is 11.4 Å². The van der Waals surface area contributed by atoms with Crippen LogP contribution in [0.1, 0.15) is 32.6 Å². The lowest BCUT2D eigenvalue weighted by molar-refractivity contribution is -0.385. The summed E-state index contributed by atoms with van der Waals surface area (Å²) < 4.78 is 13.4. The monoisotopic (exact) mass is 266 g/mol. The number of halogens is 1. The van der Waals surface area contributed by atoms with Gasteiger partial charge in [0.25, 0.3) is 5.69 Å². The van der Waals surface area contributed by atoms with E-state index in [2.05, 4.69) is 6.92 Å². The molecule has 0 heterocycles. The largest absolute Gasteiger partial charge is 0.371 e. The Morgan fingerprint density at radius 3 is 2.47 bits per heavy atom. The smallest absolute Gasteiger partial charge is 0.274 e. The summed E-state index contributed by atoms with van der Waals surface area (Å²) >= 11 is 0. The summed E-state index contributed by atoms with van der Waals surface area (Å²) in [7, 11) is 1.89. The Kier molecular flexibility index (Phi) is 4.02. The molecule has 1 aliphatic carbocycles. The molecule has 0 unspecified atom stereocenters. The Balaban J connectivity index is 2.18. The van der Waals surface area contributed by atoms with E-state index < -0.39 is 10.7 Å². The van der Waals surface area contributed by atoms with Gasteiger partial charge in [-0.25, -0.2) is 4.39 Å². The van der Waals surface area contributed by atoms with Gasteiger partial charge in [0.15, 0.2) is 0 Å². The van der Waals surface area contributed by atoms with Crippen molar-refractivity contribution in [3.63, 3.8) is 0 Å². The van der Waals surface area contributed by atoms with E-state index in [1.807, 2.05) is 11.9 Å². The molecule has 0 spiro atoms. The Hall–Kier alpha value is -1.65. The van der Waals surface area contributed by atoms with Crippen LogP contribution in [0.3, 0.4) is 0 Å². The summed E-state index contributed by atoms with van der Waals surface area (Å²) in [6, 6.07) is 4.12. The SMILES string of the molecule is CC1CCC(N(C)c2cc(F)cc([N+](=O)[O-])c2)CC1. The zero-order chi connectivity index (χ0) is 14.0. The van der Waals surface area contributed by atoms with E-state index in [9.17, 15) is 14.5 Å². The molecule has 0 atom stereocenters. The van der Waals surface area contributed by atoms with Gasteiger partial charge in [0.1, 0.15) is 5.82 Å². The Morgan fingerprint density at radius 1 is 1.26 bits per heavy atom. The second-order valence-electron chi connectivity index (χ2n) is 5.45. The van der Waals surface area contributed by atoms with Gasteiger partial charge in [-0.1, -0.05) is 6.92 Å². The highest BCUT2D eigenvalue weighted by molar-refractivity contribution is 5.53. The van der Waals surface area contributed by atoms with Crippen LogP contribution in [0.25, 0.3) is 0 Å². The molecule has 4 nitrogen and oxygen atoms in total. The summed E-state index contributed by atoms with van der Waals surface area (Å²) in [5.74, 6) is 0.187. The molecule has 0 saturated heterocycles. The van der Waals surface area contributed by atoms with E-state index in [-0.39, 0.29) is 5.69 Å². The van der Waals surface area contributed by atoms with Crippen molar-refractivity contribution in [2.75, 3.05) is 11.9 Å². The van der Waals surface area contributed by atoms with Crippen molar-refractivity contribution in [1.29, 1.82) is 0 Å². The highest BCUT2D eigenvalue weighted by Crippen LogP contribution is 2.31. The topological polar surface area (TPSA) is 46.4 Å². The van der Waals surface area contributed by atoms with E-state index in [0.29, 0.717) is 11.7 Å². The number of rotatable bonds is 3. The molecule has 5 heteroatoms. The molecule has 0 aromatic heterocycles. The lowest BCUT2D eigenvalue weighted by Crippen LogP contribution is -2.34. The van der Waals surface area contributed by atoms with Gasteiger partial charge in [-0.2, -0.15) is 0 Å². The van der Waals surface area contributed by atoms with Crippen molar-refractivity contribution in [3.8, 4) is 0 Å². The van der Waals surface area contributed by atoms with Crippen molar-refractivity contribution in [3.05, 3.63) is 34.1 Å². The van der Waals surface area contributed by atoms with Gasteiger partial charge in [-0.05, 0) is 37.7 Å². The molecule has 0 bridgehead atoms. The summed E-state index contributed by atoms with van der Waals surface area (Å²) in [6.07, 6.45) is 4.43. The number of nitro groups is 1. The molecule has 0 radical (unpaired) electrons. The molecule has 1 aliphatic rings. The van der Waals surface area contributed by atoms with E-state index in [0.717, 1.165) is 37.7 Å². The third-order valence-corrected chi connectivity index (χ3v) is 4.02. The van der Waals surface area contributed by atoms with E-state index in [1.54, 1.807) is 0 Å². The molecule has 1 saturated carbocycles. The van der Waals surface area contributed by atoms with Crippen LogP contribution >= 0.6 is 0 Å². The quantitative estimate of drug-likeness (QED) is 0.618. The summed E-state index contributed by atoms with van der Waals surface area (Å²) in [5.41, 5.74) is 0.400. The first-order chi connectivity index (χ1) is 8.97. The van der Waals surface area contributed by atoms with Gasteiger partial charge < -0.3 is 4.90 Å². The number of hydrogen-bond donors (Lipinski definition) is 0. The van der Waals surface area contributed by atoms with Crippen LogP contribution in [0.4, 0.5) is 15.8 Å². The average molecular weight is 266 g/mol. The molecule has 1 aromatic rings. The first kappa shape index (κ1) is 13.8. The summed E-state index contributed by atoms with van der Waals surface area (Å²) in [4.78, 5) is 12.2. The molecule has 0 amide bonds. The van der Waals surface area contributed by atoms with Gasteiger partial charge in [-0.15, -0.1) is 0 Å². The molecule has 0 aliphatic heterocycles. The Morgan fingerprint density at radius 2 is 1.89 bits per heavy atom. The van der Waals surface area contributed by atoms with Crippen molar-refractivity contribution in [2.45, 2.75) is 38.6 Å². The lowest BCUT2D eigenvalue weighted by Gasteiger charge is -2.35. The third kappa shape index (κ3) is 3.22. The minimum absolute atomic E-state index is 0.189. The molecule has 0 N–H and O–H groups in total. The fourth-order valence-corrected chi connectivity index (χ4v) is 2.71. The molecule has 1 aromatic carbocycles. The number of hydrogen-bond acceptors (Lipinski definition) is 3. The zero-order valence-corrected chi connectivity index (χ0v) is 11.3. The first-order valence-corrected chi connectivity index (χ1v) is 6.65. The van der Waals surface area contributed by atoms with Gasteiger partial charge in [0, 0.05) is 24.8 Å². The zero-order valence-electron chi connectivity index (χ0n) is 11.3. The number of nitrogens with zero attached hydrogens (tertiary/aromatic N) is 2. The normalized spacial score (nSPS) is 23.1. The molecule has 2 rings (SSSR count). The van der Waals surface area contributed by atoms with Crippen molar-refractivity contribution in [1.82, 2.24) is 0 Å². The standard InChI is InChI=1S/C14H19FN2O2/c1-10-3-5-12(6-4-10)16(2)13-7-11(15)8-14(9-13)17(18)19/h7-10,12H,3-6H2,1-2H3. The predicted octanol–water partition coefficient (Wildman–Crippen LogP) is 3.75. The van der Waals surface area contributed by atoms with Gasteiger partial charge in [0.05, 0.1) is 11.0 Å². The van der Waals surface area contributed by atoms with Crippen LogP contribution in [-0.4, -0.2) is 18.0 Å². The fraction of sp³-hybridized carbons (Fsp3) is 0.571. The maximum absolute atomic E-state index is 13.4. The predicted molar refractivity (Wildman–Crippen MR) is 72.9 cm³/mol. The van der Waals surface area contributed by atoms with E-state index in [4.69, 9.17) is 0 Å². The molecule has 104 valence electrons. The second kappa shape index (κ2) is 5.55. The van der Waals surface area contributed by atoms with Crippen LogP contribution in [0.15, 0.2) is 18.2 Å². The molecule has 1 fully saturated rings. The Bertz CT molecular complexity index is 471. The average Bonchev–Trinajstić information content (AvgIpc) is 2.38. The fourth-order valence-electron chi connectivity index (χ4n) is 2.71. The number of anilines is 1. The number of nitro benzene ring substituents is 1. The maximum Gasteiger partial charge on any atom is 0.274 e. The summed E-state index contributed by atoms with van der Waals surface area (Å²) in [6.45, 7) is 2.24. The van der Waals surface area contributed by atoms with Crippen molar-refractivity contribution in [2.24, 2.45) is 5.92 Å². The van der Waals surface area contributed by atoms with E-state index in [1.165, 1.54) is 12.1 Å². The summed E-state index contributed by atoms with van der Waals surface area (Å²) in [5, 5.41) is 10.8. The van der Waals surface area contributed by atoms with Crippen LogP contribution in [-0.2, 0) is 0 Å².